The van der Waals surface area contributed by atoms with E-state index in [0.29, 0.717) is 23.1 Å². The zero-order valence-electron chi connectivity index (χ0n) is 17.1. The number of carbonyl (C=O) groups is 2. The van der Waals surface area contributed by atoms with E-state index in [4.69, 9.17) is 4.98 Å². The normalized spacial score (nSPS) is 18.2. The van der Waals surface area contributed by atoms with E-state index in [-0.39, 0.29) is 11.7 Å². The molecule has 31 heavy (non-hydrogen) atoms. The summed E-state index contributed by atoms with van der Waals surface area (Å²) < 4.78 is 1.73. The van der Waals surface area contributed by atoms with Gasteiger partial charge in [-0.25, -0.2) is 9.78 Å². The van der Waals surface area contributed by atoms with Crippen LogP contribution in [0.3, 0.4) is 0 Å². The van der Waals surface area contributed by atoms with Gasteiger partial charge in [-0.15, -0.1) is 0 Å². The molecule has 9 nitrogen and oxygen atoms in total. The Hall–Kier alpha value is -3.88. The molecule has 2 fully saturated rings. The average Bonchev–Trinajstić information content (AvgIpc) is 3.41. The van der Waals surface area contributed by atoms with E-state index in [2.05, 4.69) is 45.4 Å². The number of nitrogens with zero attached hydrogens (tertiary/aromatic N) is 3. The molecule has 158 valence electrons. The molecule has 1 saturated carbocycles. The molecule has 3 heterocycles. The number of benzene rings is 1. The minimum Gasteiger partial charge on any atom is -0.367 e. The van der Waals surface area contributed by atoms with Crippen LogP contribution in [0.5, 0.6) is 0 Å². The Kier molecular flexibility index (Phi) is 4.78. The lowest BCUT2D eigenvalue weighted by atomic mass is 10.0. The molecule has 3 aromatic rings. The van der Waals surface area contributed by atoms with Gasteiger partial charge in [-0.2, -0.15) is 9.61 Å². The molecule has 9 heteroatoms. The summed E-state index contributed by atoms with van der Waals surface area (Å²) in [5.41, 5.74) is 2.59. The Balaban J connectivity index is 1.54. The topological polar surface area (TPSA) is 112 Å². The van der Waals surface area contributed by atoms with Crippen molar-refractivity contribution in [1.82, 2.24) is 25.2 Å². The van der Waals surface area contributed by atoms with Gasteiger partial charge >= 0.3 is 6.03 Å². The SMILES string of the molecule is CCC(Nc1cc(NC2CC2)n2ncc(/C=C3\NC(=O)NC3=O)c2n1)c1ccccc1. The van der Waals surface area contributed by atoms with Crippen LogP contribution in [0, 0.1) is 0 Å². The van der Waals surface area contributed by atoms with Gasteiger partial charge in [-0.3, -0.25) is 10.1 Å². The van der Waals surface area contributed by atoms with E-state index in [0.717, 1.165) is 25.1 Å². The lowest BCUT2D eigenvalue weighted by Crippen LogP contribution is -2.22. The van der Waals surface area contributed by atoms with Crippen LogP contribution < -0.4 is 21.3 Å². The second-order valence-corrected chi connectivity index (χ2v) is 7.76. The fourth-order valence-electron chi connectivity index (χ4n) is 3.62. The zero-order valence-corrected chi connectivity index (χ0v) is 17.1. The number of amides is 3. The molecule has 2 aromatic heterocycles. The summed E-state index contributed by atoms with van der Waals surface area (Å²) >= 11 is 0. The van der Waals surface area contributed by atoms with E-state index >= 15 is 0 Å². The molecule has 1 saturated heterocycles. The van der Waals surface area contributed by atoms with Crippen molar-refractivity contribution in [3.05, 3.63) is 59.4 Å². The molecule has 3 amide bonds. The second-order valence-electron chi connectivity index (χ2n) is 7.76. The fourth-order valence-corrected chi connectivity index (χ4v) is 3.62. The van der Waals surface area contributed by atoms with Crippen molar-refractivity contribution in [3.63, 3.8) is 0 Å². The number of nitrogens with one attached hydrogen (secondary N) is 4. The van der Waals surface area contributed by atoms with Gasteiger partial charge in [0.2, 0.25) is 0 Å². The summed E-state index contributed by atoms with van der Waals surface area (Å²) in [4.78, 5) is 28.2. The summed E-state index contributed by atoms with van der Waals surface area (Å²) in [6, 6.07) is 12.2. The predicted octanol–water partition coefficient (Wildman–Crippen LogP) is 3.05. The summed E-state index contributed by atoms with van der Waals surface area (Å²) in [5, 5.41) is 16.2. The van der Waals surface area contributed by atoms with E-state index < -0.39 is 11.9 Å². The minimum atomic E-state index is -0.534. The highest BCUT2D eigenvalue weighted by Gasteiger charge is 2.25. The van der Waals surface area contributed by atoms with Crippen molar-refractivity contribution in [1.29, 1.82) is 0 Å². The zero-order chi connectivity index (χ0) is 21.4. The van der Waals surface area contributed by atoms with Crippen LogP contribution in [0.2, 0.25) is 0 Å². The number of carbonyl (C=O) groups excluding carboxylic acids is 2. The van der Waals surface area contributed by atoms with Crippen molar-refractivity contribution in [3.8, 4) is 0 Å². The van der Waals surface area contributed by atoms with Gasteiger partial charge in [-0.1, -0.05) is 37.3 Å². The molecule has 4 N–H and O–H groups in total. The van der Waals surface area contributed by atoms with Crippen molar-refractivity contribution in [2.45, 2.75) is 38.3 Å². The monoisotopic (exact) mass is 417 g/mol. The van der Waals surface area contributed by atoms with Crippen LogP contribution in [0.1, 0.15) is 43.4 Å². The quantitative estimate of drug-likeness (QED) is 0.347. The van der Waals surface area contributed by atoms with Crippen LogP contribution in [-0.2, 0) is 4.79 Å². The number of imide groups is 1. The molecule has 1 aromatic carbocycles. The number of aromatic nitrogens is 3. The number of urea groups is 1. The molecule has 1 aliphatic carbocycles. The van der Waals surface area contributed by atoms with Crippen LogP contribution in [-0.4, -0.2) is 32.6 Å². The first-order valence-corrected chi connectivity index (χ1v) is 10.4. The van der Waals surface area contributed by atoms with Gasteiger partial charge in [0.25, 0.3) is 5.91 Å². The molecular formula is C22H23N7O2. The van der Waals surface area contributed by atoms with E-state index in [9.17, 15) is 9.59 Å². The smallest absolute Gasteiger partial charge is 0.326 e. The number of fused-ring (bicyclic) bond motifs is 1. The van der Waals surface area contributed by atoms with Crippen molar-refractivity contribution in [2.75, 3.05) is 10.6 Å². The van der Waals surface area contributed by atoms with Crippen molar-refractivity contribution >= 4 is 35.3 Å². The standard InChI is InChI=1S/C22H23N7O2/c1-2-16(13-6-4-3-5-7-13)25-18-11-19(24-15-8-9-15)29-20(27-18)14(12-23-29)10-17-21(30)28-22(31)26-17/h3-7,10-12,15-16,24H,2,8-9H2,1H3,(H,25,27)(H2,26,28,30,31)/b17-10-. The highest BCUT2D eigenvalue weighted by atomic mass is 16.2. The summed E-state index contributed by atoms with van der Waals surface area (Å²) in [7, 11) is 0. The molecule has 5 rings (SSSR count). The van der Waals surface area contributed by atoms with E-state index in [1.807, 2.05) is 24.3 Å². The molecule has 1 atom stereocenters. The number of anilines is 2. The van der Waals surface area contributed by atoms with E-state index in [1.54, 1.807) is 16.8 Å². The first-order chi connectivity index (χ1) is 15.1. The van der Waals surface area contributed by atoms with Gasteiger partial charge < -0.3 is 16.0 Å². The summed E-state index contributed by atoms with van der Waals surface area (Å²) in [6.45, 7) is 2.13. The molecular weight excluding hydrogens is 394 g/mol. The number of hydrogen-bond donors (Lipinski definition) is 4. The van der Waals surface area contributed by atoms with Crippen LogP contribution in [0.25, 0.3) is 11.7 Å². The van der Waals surface area contributed by atoms with Gasteiger partial charge in [0.05, 0.1) is 12.2 Å². The largest absolute Gasteiger partial charge is 0.367 e. The van der Waals surface area contributed by atoms with Crippen molar-refractivity contribution < 1.29 is 9.59 Å². The maximum absolute atomic E-state index is 11.9. The first kappa shape index (κ1) is 19.1. The van der Waals surface area contributed by atoms with Gasteiger partial charge in [0.15, 0.2) is 5.65 Å². The van der Waals surface area contributed by atoms with Gasteiger partial charge in [0, 0.05) is 17.7 Å². The number of rotatable bonds is 7. The third-order valence-electron chi connectivity index (χ3n) is 5.38. The molecule has 1 unspecified atom stereocenters. The third-order valence-corrected chi connectivity index (χ3v) is 5.38. The number of hydrogen-bond acceptors (Lipinski definition) is 6. The van der Waals surface area contributed by atoms with Gasteiger partial charge in [0.1, 0.15) is 17.3 Å². The predicted molar refractivity (Wildman–Crippen MR) is 117 cm³/mol. The Bertz CT molecular complexity index is 1180. The Labute approximate surface area is 178 Å². The lowest BCUT2D eigenvalue weighted by Gasteiger charge is -2.19. The lowest BCUT2D eigenvalue weighted by molar-refractivity contribution is -0.115. The summed E-state index contributed by atoms with van der Waals surface area (Å²) in [5.74, 6) is 1.08. The van der Waals surface area contributed by atoms with E-state index in [1.165, 1.54) is 5.56 Å². The maximum Gasteiger partial charge on any atom is 0.326 e. The Morgan fingerprint density at radius 3 is 2.71 bits per heavy atom. The third kappa shape index (κ3) is 3.94. The van der Waals surface area contributed by atoms with Gasteiger partial charge in [-0.05, 0) is 30.9 Å². The molecule has 2 aliphatic rings. The maximum atomic E-state index is 11.9. The second kappa shape index (κ2) is 7.75. The van der Waals surface area contributed by atoms with Crippen LogP contribution >= 0.6 is 0 Å². The highest BCUT2D eigenvalue weighted by molar-refractivity contribution is 6.14. The molecule has 1 aliphatic heterocycles. The molecule has 0 radical (unpaired) electrons. The summed E-state index contributed by atoms with van der Waals surface area (Å²) in [6.07, 6.45) is 6.37. The Morgan fingerprint density at radius 1 is 1.23 bits per heavy atom. The highest BCUT2D eigenvalue weighted by Crippen LogP contribution is 2.29. The molecule has 0 spiro atoms. The first-order valence-electron chi connectivity index (χ1n) is 10.4. The minimum absolute atomic E-state index is 0.106. The van der Waals surface area contributed by atoms with Crippen molar-refractivity contribution in [2.24, 2.45) is 0 Å². The Morgan fingerprint density at radius 2 is 2.03 bits per heavy atom. The molecule has 0 bridgehead atoms. The fraction of sp³-hybridized carbons (Fsp3) is 0.273. The average molecular weight is 417 g/mol. The van der Waals surface area contributed by atoms with Crippen LogP contribution in [0.4, 0.5) is 16.4 Å². The van der Waals surface area contributed by atoms with Crippen LogP contribution in [0.15, 0.2) is 48.3 Å².